The van der Waals surface area contributed by atoms with Crippen LogP contribution in [0.4, 0.5) is 0 Å². The van der Waals surface area contributed by atoms with E-state index in [1.165, 1.54) is 0 Å². The highest BCUT2D eigenvalue weighted by molar-refractivity contribution is 6.30. The molecule has 0 spiro atoms. The van der Waals surface area contributed by atoms with Crippen molar-refractivity contribution in [2.45, 2.75) is 12.8 Å². The average Bonchev–Trinajstić information content (AvgIpc) is 2.60. The molecule has 0 unspecified atom stereocenters. The molecule has 24 heavy (non-hydrogen) atoms. The number of aromatic nitrogens is 1. The molecule has 0 radical (unpaired) electrons. The van der Waals surface area contributed by atoms with Gasteiger partial charge in [0.05, 0.1) is 0 Å². The minimum Gasteiger partial charge on any atom is -0.364 e. The number of halogens is 1. The summed E-state index contributed by atoms with van der Waals surface area (Å²) in [7, 11) is 0. The lowest BCUT2D eigenvalue weighted by Gasteiger charge is -2.13. The molecule has 1 aromatic heterocycles. The van der Waals surface area contributed by atoms with Gasteiger partial charge in [-0.05, 0) is 53.3 Å². The third-order valence-corrected chi connectivity index (χ3v) is 4.16. The van der Waals surface area contributed by atoms with Crippen molar-refractivity contribution in [3.63, 3.8) is 0 Å². The number of amides is 1. The number of primary amides is 1. The summed E-state index contributed by atoms with van der Waals surface area (Å²) in [6, 6.07) is 19.6. The Morgan fingerprint density at radius 2 is 1.79 bits per heavy atom. The Balaban J connectivity index is 1.99. The predicted molar refractivity (Wildman–Crippen MR) is 97.1 cm³/mol. The van der Waals surface area contributed by atoms with Crippen LogP contribution in [0, 0.1) is 0 Å². The Kier molecular flexibility index (Phi) is 4.92. The number of pyridine rings is 1. The van der Waals surface area contributed by atoms with Crippen molar-refractivity contribution in [1.82, 2.24) is 4.98 Å². The van der Waals surface area contributed by atoms with Gasteiger partial charge in [-0.2, -0.15) is 0 Å². The van der Waals surface area contributed by atoms with Gasteiger partial charge in [-0.25, -0.2) is 0 Å². The quantitative estimate of drug-likeness (QED) is 0.755. The zero-order valence-corrected chi connectivity index (χ0v) is 13.8. The Bertz CT molecular complexity index is 863. The average molecular weight is 337 g/mol. The topological polar surface area (TPSA) is 56.0 Å². The van der Waals surface area contributed by atoms with Gasteiger partial charge in [0.1, 0.15) is 5.69 Å². The minimum absolute atomic E-state index is 0.332. The SMILES string of the molecule is NC(=O)c1nccc(-c2ccccc2)c1CCc1cccc(Cl)c1. The lowest BCUT2D eigenvalue weighted by atomic mass is 9.94. The van der Waals surface area contributed by atoms with Crippen LogP contribution in [0.15, 0.2) is 66.9 Å². The fourth-order valence-corrected chi connectivity index (χ4v) is 3.02. The lowest BCUT2D eigenvalue weighted by molar-refractivity contribution is 0.0994. The normalized spacial score (nSPS) is 10.5. The second kappa shape index (κ2) is 7.28. The zero-order valence-electron chi connectivity index (χ0n) is 13.1. The Morgan fingerprint density at radius 1 is 1.00 bits per heavy atom. The molecular weight excluding hydrogens is 320 g/mol. The van der Waals surface area contributed by atoms with Gasteiger partial charge in [0.15, 0.2) is 0 Å². The van der Waals surface area contributed by atoms with Gasteiger partial charge in [0, 0.05) is 11.2 Å². The first kappa shape index (κ1) is 16.2. The number of carbonyl (C=O) groups is 1. The number of rotatable bonds is 5. The molecule has 0 fully saturated rings. The monoisotopic (exact) mass is 336 g/mol. The maximum absolute atomic E-state index is 11.8. The zero-order chi connectivity index (χ0) is 16.9. The van der Waals surface area contributed by atoms with Crippen molar-refractivity contribution < 1.29 is 4.79 Å². The molecule has 0 atom stereocenters. The van der Waals surface area contributed by atoms with Gasteiger partial charge in [-0.15, -0.1) is 0 Å². The summed E-state index contributed by atoms with van der Waals surface area (Å²) in [5, 5.41) is 0.706. The molecule has 3 rings (SSSR count). The molecule has 1 heterocycles. The van der Waals surface area contributed by atoms with Gasteiger partial charge >= 0.3 is 0 Å². The predicted octanol–water partition coefficient (Wildman–Crippen LogP) is 4.29. The number of aryl methyl sites for hydroxylation is 1. The van der Waals surface area contributed by atoms with Gasteiger partial charge in [-0.1, -0.05) is 54.1 Å². The standard InChI is InChI=1S/C20H17ClN2O/c21-16-8-4-5-14(13-16)9-10-18-17(15-6-2-1-3-7-15)11-12-23-19(18)20(22)24/h1-8,11-13H,9-10H2,(H2,22,24). The summed E-state index contributed by atoms with van der Waals surface area (Å²) in [6.07, 6.45) is 3.05. The highest BCUT2D eigenvalue weighted by atomic mass is 35.5. The van der Waals surface area contributed by atoms with E-state index in [-0.39, 0.29) is 0 Å². The van der Waals surface area contributed by atoms with Crippen molar-refractivity contribution in [1.29, 1.82) is 0 Å². The van der Waals surface area contributed by atoms with Crippen LogP contribution in [0.5, 0.6) is 0 Å². The van der Waals surface area contributed by atoms with Gasteiger partial charge in [0.2, 0.25) is 0 Å². The van der Waals surface area contributed by atoms with Gasteiger partial charge in [-0.3, -0.25) is 9.78 Å². The highest BCUT2D eigenvalue weighted by Gasteiger charge is 2.15. The molecular formula is C20H17ClN2O. The molecule has 4 heteroatoms. The van der Waals surface area contributed by atoms with E-state index >= 15 is 0 Å². The second-order valence-electron chi connectivity index (χ2n) is 5.55. The lowest BCUT2D eigenvalue weighted by Crippen LogP contribution is -2.17. The van der Waals surface area contributed by atoms with Crippen LogP contribution in [0.25, 0.3) is 11.1 Å². The first-order valence-electron chi connectivity index (χ1n) is 7.72. The molecule has 0 saturated heterocycles. The van der Waals surface area contributed by atoms with Crippen LogP contribution in [0.2, 0.25) is 5.02 Å². The summed E-state index contributed by atoms with van der Waals surface area (Å²) in [5.74, 6) is -0.506. The van der Waals surface area contributed by atoms with Crippen molar-refractivity contribution in [3.05, 3.63) is 88.7 Å². The molecule has 2 aromatic carbocycles. The molecule has 3 aromatic rings. The summed E-state index contributed by atoms with van der Waals surface area (Å²) >= 11 is 6.05. The van der Waals surface area contributed by atoms with Crippen molar-refractivity contribution in [2.75, 3.05) is 0 Å². The smallest absolute Gasteiger partial charge is 0.267 e. The van der Waals surface area contributed by atoms with Crippen LogP contribution >= 0.6 is 11.6 Å². The van der Waals surface area contributed by atoms with Crippen LogP contribution in [0.3, 0.4) is 0 Å². The Hall–Kier alpha value is -2.65. The summed E-state index contributed by atoms with van der Waals surface area (Å²) in [4.78, 5) is 16.0. The highest BCUT2D eigenvalue weighted by Crippen LogP contribution is 2.26. The number of benzene rings is 2. The molecule has 0 aliphatic heterocycles. The summed E-state index contributed by atoms with van der Waals surface area (Å²) in [5.41, 5.74) is 9.88. The van der Waals surface area contributed by atoms with E-state index in [1.807, 2.05) is 60.7 Å². The van der Waals surface area contributed by atoms with Crippen molar-refractivity contribution >= 4 is 17.5 Å². The fourth-order valence-electron chi connectivity index (χ4n) is 2.81. The molecule has 2 N–H and O–H groups in total. The van der Waals surface area contributed by atoms with Crippen LogP contribution < -0.4 is 5.73 Å². The molecule has 120 valence electrons. The number of hydrogen-bond acceptors (Lipinski definition) is 2. The first-order valence-corrected chi connectivity index (χ1v) is 8.10. The van der Waals surface area contributed by atoms with E-state index in [0.717, 1.165) is 28.7 Å². The minimum atomic E-state index is -0.506. The van der Waals surface area contributed by atoms with Gasteiger partial charge in [0.25, 0.3) is 5.91 Å². The maximum Gasteiger partial charge on any atom is 0.267 e. The summed E-state index contributed by atoms with van der Waals surface area (Å²) in [6.45, 7) is 0. The fraction of sp³-hybridized carbons (Fsp3) is 0.100. The summed E-state index contributed by atoms with van der Waals surface area (Å²) < 4.78 is 0. The molecule has 0 saturated carbocycles. The Labute approximate surface area is 146 Å². The number of hydrogen-bond donors (Lipinski definition) is 1. The van der Waals surface area contributed by atoms with E-state index in [4.69, 9.17) is 17.3 Å². The molecule has 1 amide bonds. The number of nitrogens with zero attached hydrogens (tertiary/aromatic N) is 1. The third-order valence-electron chi connectivity index (χ3n) is 3.93. The first-order chi connectivity index (χ1) is 11.6. The maximum atomic E-state index is 11.8. The molecule has 0 aliphatic rings. The van der Waals surface area contributed by atoms with E-state index < -0.39 is 5.91 Å². The second-order valence-corrected chi connectivity index (χ2v) is 5.98. The third kappa shape index (κ3) is 3.63. The van der Waals surface area contributed by atoms with E-state index in [1.54, 1.807) is 6.20 Å². The molecule has 0 aliphatic carbocycles. The Morgan fingerprint density at radius 3 is 2.50 bits per heavy atom. The largest absolute Gasteiger partial charge is 0.364 e. The number of nitrogens with two attached hydrogens (primary N) is 1. The van der Waals surface area contributed by atoms with Crippen LogP contribution in [-0.4, -0.2) is 10.9 Å². The molecule has 3 nitrogen and oxygen atoms in total. The van der Waals surface area contributed by atoms with Crippen molar-refractivity contribution in [2.24, 2.45) is 5.73 Å². The van der Waals surface area contributed by atoms with E-state index in [9.17, 15) is 4.79 Å². The number of carbonyl (C=O) groups excluding carboxylic acids is 1. The van der Waals surface area contributed by atoms with Crippen LogP contribution in [0.1, 0.15) is 21.6 Å². The van der Waals surface area contributed by atoms with E-state index in [0.29, 0.717) is 17.1 Å². The molecule has 0 bridgehead atoms. The van der Waals surface area contributed by atoms with Crippen LogP contribution in [-0.2, 0) is 12.8 Å². The van der Waals surface area contributed by atoms with E-state index in [2.05, 4.69) is 4.98 Å². The van der Waals surface area contributed by atoms with Crippen molar-refractivity contribution in [3.8, 4) is 11.1 Å². The van der Waals surface area contributed by atoms with Gasteiger partial charge < -0.3 is 5.73 Å².